The molecule has 2 N–H and O–H groups in total. The number of rotatable bonds is 5. The van der Waals surface area contributed by atoms with E-state index < -0.39 is 16.1 Å². The molecule has 3 rings (SSSR count). The standard InChI is InChI=1S/C18H22N2O5S/c1-12-3-5-16(25-12)10-19-26(23,24)17-6-4-14-7-8-20(11-15(14)9-17)18(22)13(2)21/h3-6,9,13,19,21H,7-8,10-11H2,1-2H3/t13-/m0/s1. The molecule has 1 aromatic heterocycles. The normalized spacial score (nSPS) is 15.6. The first-order valence-corrected chi connectivity index (χ1v) is 9.88. The number of nitrogens with zero attached hydrogens (tertiary/aromatic N) is 1. The Morgan fingerprint density at radius 3 is 2.73 bits per heavy atom. The van der Waals surface area contributed by atoms with Crippen LogP contribution in [-0.4, -0.2) is 37.0 Å². The molecule has 1 atom stereocenters. The molecule has 0 aliphatic carbocycles. The predicted molar refractivity (Wildman–Crippen MR) is 94.7 cm³/mol. The second kappa shape index (κ2) is 7.22. The van der Waals surface area contributed by atoms with E-state index in [1.807, 2.05) is 0 Å². The van der Waals surface area contributed by atoms with Gasteiger partial charge in [-0.05, 0) is 55.7 Å². The van der Waals surface area contributed by atoms with E-state index in [0.29, 0.717) is 25.3 Å². The third kappa shape index (κ3) is 3.98. The van der Waals surface area contributed by atoms with Gasteiger partial charge < -0.3 is 14.4 Å². The summed E-state index contributed by atoms with van der Waals surface area (Å²) in [6.07, 6.45) is -0.436. The highest BCUT2D eigenvalue weighted by atomic mass is 32.2. The van der Waals surface area contributed by atoms with Gasteiger partial charge in [0.2, 0.25) is 10.0 Å². The van der Waals surface area contributed by atoms with Crippen molar-refractivity contribution in [1.82, 2.24) is 9.62 Å². The fourth-order valence-electron chi connectivity index (χ4n) is 2.98. The summed E-state index contributed by atoms with van der Waals surface area (Å²) >= 11 is 0. The maximum atomic E-state index is 12.5. The van der Waals surface area contributed by atoms with Gasteiger partial charge in [-0.3, -0.25) is 4.79 Å². The van der Waals surface area contributed by atoms with E-state index in [4.69, 9.17) is 4.42 Å². The third-order valence-corrected chi connectivity index (χ3v) is 5.80. The van der Waals surface area contributed by atoms with Gasteiger partial charge in [0.1, 0.15) is 17.6 Å². The van der Waals surface area contributed by atoms with Gasteiger partial charge in [0.05, 0.1) is 11.4 Å². The molecule has 1 aliphatic heterocycles. The van der Waals surface area contributed by atoms with Crippen molar-refractivity contribution >= 4 is 15.9 Å². The average molecular weight is 378 g/mol. The molecule has 0 radical (unpaired) electrons. The molecule has 1 aromatic carbocycles. The van der Waals surface area contributed by atoms with Crippen LogP contribution in [0.15, 0.2) is 39.6 Å². The van der Waals surface area contributed by atoms with Gasteiger partial charge in [0, 0.05) is 13.1 Å². The number of aryl methyl sites for hydroxylation is 1. The molecule has 7 nitrogen and oxygen atoms in total. The Hall–Kier alpha value is -2.16. The minimum atomic E-state index is -3.70. The Kier molecular flexibility index (Phi) is 5.17. The molecule has 0 bridgehead atoms. The summed E-state index contributed by atoms with van der Waals surface area (Å²) in [6.45, 7) is 4.10. The summed E-state index contributed by atoms with van der Waals surface area (Å²) in [4.78, 5) is 13.7. The number of carbonyl (C=O) groups excluding carboxylic acids is 1. The Morgan fingerprint density at radius 2 is 2.08 bits per heavy atom. The molecular formula is C18H22N2O5S. The summed E-state index contributed by atoms with van der Waals surface area (Å²) < 4.78 is 33.0. The SMILES string of the molecule is Cc1ccc(CNS(=O)(=O)c2ccc3c(c2)CN(C(=O)[C@H](C)O)CC3)o1. The average Bonchev–Trinajstić information content (AvgIpc) is 3.03. The lowest BCUT2D eigenvalue weighted by Crippen LogP contribution is -2.41. The molecule has 0 unspecified atom stereocenters. The van der Waals surface area contributed by atoms with E-state index in [1.54, 1.807) is 42.2 Å². The quantitative estimate of drug-likeness (QED) is 0.818. The number of amides is 1. The molecule has 8 heteroatoms. The zero-order valence-corrected chi connectivity index (χ0v) is 15.5. The fraction of sp³-hybridized carbons (Fsp3) is 0.389. The lowest BCUT2D eigenvalue weighted by Gasteiger charge is -2.30. The molecular weight excluding hydrogens is 356 g/mol. The molecule has 140 valence electrons. The minimum absolute atomic E-state index is 0.0693. The highest BCUT2D eigenvalue weighted by molar-refractivity contribution is 7.89. The summed E-state index contributed by atoms with van der Waals surface area (Å²) in [7, 11) is -3.70. The number of fused-ring (bicyclic) bond motifs is 1. The lowest BCUT2D eigenvalue weighted by atomic mass is 9.99. The highest BCUT2D eigenvalue weighted by Gasteiger charge is 2.25. The largest absolute Gasteiger partial charge is 0.465 e. The third-order valence-electron chi connectivity index (χ3n) is 4.40. The van der Waals surface area contributed by atoms with Gasteiger partial charge in [-0.2, -0.15) is 0 Å². The van der Waals surface area contributed by atoms with E-state index in [1.165, 1.54) is 6.92 Å². The lowest BCUT2D eigenvalue weighted by molar-refractivity contribution is -0.140. The van der Waals surface area contributed by atoms with Crippen LogP contribution in [0.4, 0.5) is 0 Å². The van der Waals surface area contributed by atoms with Gasteiger partial charge in [-0.25, -0.2) is 13.1 Å². The molecule has 1 amide bonds. The topological polar surface area (TPSA) is 99.9 Å². The molecule has 0 saturated carbocycles. The number of nitrogens with one attached hydrogen (secondary N) is 1. The van der Waals surface area contributed by atoms with Crippen molar-refractivity contribution in [2.75, 3.05) is 6.54 Å². The minimum Gasteiger partial charge on any atom is -0.465 e. The number of furan rings is 1. The van der Waals surface area contributed by atoms with Crippen LogP contribution in [0.1, 0.15) is 29.6 Å². The molecule has 0 saturated heterocycles. The van der Waals surface area contributed by atoms with Crippen molar-refractivity contribution in [2.24, 2.45) is 0 Å². The van der Waals surface area contributed by atoms with Crippen molar-refractivity contribution in [3.63, 3.8) is 0 Å². The van der Waals surface area contributed by atoms with Crippen LogP contribution in [0.5, 0.6) is 0 Å². The summed E-state index contributed by atoms with van der Waals surface area (Å²) in [6, 6.07) is 8.44. The summed E-state index contributed by atoms with van der Waals surface area (Å²) in [5.41, 5.74) is 1.79. The van der Waals surface area contributed by atoms with E-state index in [9.17, 15) is 18.3 Å². The van der Waals surface area contributed by atoms with E-state index >= 15 is 0 Å². The first-order chi connectivity index (χ1) is 12.3. The number of aliphatic hydroxyl groups excluding tert-OH is 1. The second-order valence-corrected chi connectivity index (χ2v) is 8.22. The first kappa shape index (κ1) is 18.6. The monoisotopic (exact) mass is 378 g/mol. The Bertz CT molecular complexity index is 917. The van der Waals surface area contributed by atoms with Gasteiger partial charge >= 0.3 is 0 Å². The van der Waals surface area contributed by atoms with Gasteiger partial charge in [-0.15, -0.1) is 0 Å². The smallest absolute Gasteiger partial charge is 0.251 e. The Morgan fingerprint density at radius 1 is 1.31 bits per heavy atom. The molecule has 26 heavy (non-hydrogen) atoms. The van der Waals surface area contributed by atoms with Crippen LogP contribution in [0.25, 0.3) is 0 Å². The maximum Gasteiger partial charge on any atom is 0.251 e. The summed E-state index contributed by atoms with van der Waals surface area (Å²) in [5.74, 6) is 0.906. The molecule has 2 aromatic rings. The molecule has 2 heterocycles. The number of carbonyl (C=O) groups is 1. The van der Waals surface area contributed by atoms with E-state index in [-0.39, 0.29) is 17.3 Å². The summed E-state index contributed by atoms with van der Waals surface area (Å²) in [5, 5.41) is 9.48. The zero-order valence-electron chi connectivity index (χ0n) is 14.7. The number of aliphatic hydroxyl groups is 1. The van der Waals surface area contributed by atoms with Crippen molar-refractivity contribution in [2.45, 2.75) is 44.4 Å². The van der Waals surface area contributed by atoms with Crippen molar-refractivity contribution in [3.8, 4) is 0 Å². The first-order valence-electron chi connectivity index (χ1n) is 8.40. The maximum absolute atomic E-state index is 12.5. The number of hydrogen-bond donors (Lipinski definition) is 2. The van der Waals surface area contributed by atoms with E-state index in [0.717, 1.165) is 16.9 Å². The van der Waals surface area contributed by atoms with Gasteiger partial charge in [-0.1, -0.05) is 6.07 Å². The molecule has 1 aliphatic rings. The van der Waals surface area contributed by atoms with Crippen LogP contribution < -0.4 is 4.72 Å². The number of sulfonamides is 1. The Labute approximate surface area is 152 Å². The number of hydrogen-bond acceptors (Lipinski definition) is 5. The van der Waals surface area contributed by atoms with Crippen LogP contribution in [-0.2, 0) is 34.3 Å². The molecule has 0 spiro atoms. The fourth-order valence-corrected chi connectivity index (χ4v) is 4.03. The van der Waals surface area contributed by atoms with Crippen LogP contribution >= 0.6 is 0 Å². The van der Waals surface area contributed by atoms with Gasteiger partial charge in [0.25, 0.3) is 5.91 Å². The van der Waals surface area contributed by atoms with E-state index in [2.05, 4.69) is 4.72 Å². The van der Waals surface area contributed by atoms with Crippen LogP contribution in [0.3, 0.4) is 0 Å². The highest BCUT2D eigenvalue weighted by Crippen LogP contribution is 2.23. The second-order valence-electron chi connectivity index (χ2n) is 6.45. The van der Waals surface area contributed by atoms with Crippen molar-refractivity contribution in [3.05, 3.63) is 53.0 Å². The Balaban J connectivity index is 1.77. The predicted octanol–water partition coefficient (Wildman–Crippen LogP) is 1.33. The van der Waals surface area contributed by atoms with Gasteiger partial charge in [0.15, 0.2) is 0 Å². The van der Waals surface area contributed by atoms with Crippen molar-refractivity contribution < 1.29 is 22.7 Å². The van der Waals surface area contributed by atoms with Crippen LogP contribution in [0, 0.1) is 6.92 Å². The number of benzene rings is 1. The zero-order chi connectivity index (χ0) is 18.9. The van der Waals surface area contributed by atoms with Crippen molar-refractivity contribution in [1.29, 1.82) is 0 Å². The molecule has 0 fully saturated rings. The van der Waals surface area contributed by atoms with Crippen LogP contribution in [0.2, 0.25) is 0 Å².